The van der Waals surface area contributed by atoms with Gasteiger partial charge in [0, 0.05) is 11.8 Å². The highest BCUT2D eigenvalue weighted by Crippen LogP contribution is 2.31. The van der Waals surface area contributed by atoms with Crippen LogP contribution in [0.5, 0.6) is 0 Å². The number of hydrogen-bond acceptors (Lipinski definition) is 5. The highest BCUT2D eigenvalue weighted by molar-refractivity contribution is 7.71. The van der Waals surface area contributed by atoms with E-state index >= 15 is 0 Å². The lowest BCUT2D eigenvalue weighted by atomic mass is 10.1. The molecule has 18 heavy (non-hydrogen) atoms. The largest absolute Gasteiger partial charge is 0.394 e. The fourth-order valence-electron chi connectivity index (χ4n) is 1.85. The predicted molar refractivity (Wildman–Crippen MR) is 62.5 cm³/mol. The van der Waals surface area contributed by atoms with E-state index in [4.69, 9.17) is 22.1 Å². The smallest absolute Gasteiger partial charge is 0.254 e. The molecule has 1 aromatic rings. The summed E-state index contributed by atoms with van der Waals surface area (Å²) in [6.45, 7) is 1.06. The summed E-state index contributed by atoms with van der Waals surface area (Å²) in [7, 11) is 0. The second-order valence-electron chi connectivity index (χ2n) is 4.16. The summed E-state index contributed by atoms with van der Waals surface area (Å²) in [5.41, 5.74) is -0.00903. The Kier molecular flexibility index (Phi) is 3.62. The number of aryl methyl sites for hydroxylation is 1. The summed E-state index contributed by atoms with van der Waals surface area (Å²) in [6.07, 6.45) is -3.93. The Morgan fingerprint density at radius 1 is 1.67 bits per heavy atom. The number of ether oxygens (including phenoxy) is 1. The number of rotatable bonds is 2. The van der Waals surface area contributed by atoms with Crippen LogP contribution in [0.1, 0.15) is 11.8 Å². The van der Waals surface area contributed by atoms with Crippen molar-refractivity contribution < 1.29 is 19.3 Å². The van der Waals surface area contributed by atoms with Gasteiger partial charge in [-0.3, -0.25) is 14.3 Å². The van der Waals surface area contributed by atoms with E-state index in [1.807, 2.05) is 0 Å². The molecule has 0 amide bonds. The number of aromatic nitrogens is 2. The second kappa shape index (κ2) is 4.88. The average molecular weight is 276 g/mol. The molecule has 0 aromatic carbocycles. The van der Waals surface area contributed by atoms with Crippen molar-refractivity contribution >= 4 is 12.2 Å². The average Bonchev–Trinajstić information content (AvgIpc) is 2.61. The molecular formula is C10H13FN2O4S. The number of halogens is 1. The summed E-state index contributed by atoms with van der Waals surface area (Å²) in [5.74, 6) is 0. The third-order valence-corrected chi connectivity index (χ3v) is 3.21. The molecule has 6 nitrogen and oxygen atoms in total. The maximum absolute atomic E-state index is 13.9. The number of aromatic amines is 1. The standard InChI is InChI=1S/C10H13FN2O4S/c1-4-2-13(10(18)12-8(4)16)9-6(11)7(15)5(3-14)17-9/h2,5-7,9,14-15H,3H2,1H3,(H,12,16,18)/t5-,6+,7?,9-/m1/s1. The summed E-state index contributed by atoms with van der Waals surface area (Å²) < 4.78 is 20.3. The van der Waals surface area contributed by atoms with Crippen molar-refractivity contribution in [3.63, 3.8) is 0 Å². The number of aliphatic hydroxyl groups excluding tert-OH is 2. The first-order valence-corrected chi connectivity index (χ1v) is 5.77. The number of nitrogens with one attached hydrogen (secondary N) is 1. The number of H-pyrrole nitrogens is 1. The van der Waals surface area contributed by atoms with Gasteiger partial charge in [-0.25, -0.2) is 4.39 Å². The first-order chi connectivity index (χ1) is 8.45. The van der Waals surface area contributed by atoms with E-state index in [-0.39, 0.29) is 10.3 Å². The molecule has 1 aliphatic rings. The van der Waals surface area contributed by atoms with Crippen LogP contribution in [-0.2, 0) is 4.74 Å². The third kappa shape index (κ3) is 2.12. The quantitative estimate of drug-likeness (QED) is 0.651. The van der Waals surface area contributed by atoms with E-state index in [0.717, 1.165) is 0 Å². The fraction of sp³-hybridized carbons (Fsp3) is 0.600. The molecule has 0 aliphatic carbocycles. The summed E-state index contributed by atoms with van der Waals surface area (Å²) in [4.78, 5) is 13.7. The van der Waals surface area contributed by atoms with Crippen LogP contribution in [0.25, 0.3) is 0 Å². The summed E-state index contributed by atoms with van der Waals surface area (Å²) >= 11 is 4.92. The van der Waals surface area contributed by atoms with Crippen molar-refractivity contribution in [2.45, 2.75) is 31.5 Å². The lowest BCUT2D eigenvalue weighted by Gasteiger charge is -2.17. The molecule has 1 aromatic heterocycles. The molecular weight excluding hydrogens is 263 g/mol. The molecule has 4 atom stereocenters. The zero-order valence-corrected chi connectivity index (χ0v) is 10.4. The minimum atomic E-state index is -1.72. The Bertz CT molecular complexity index is 558. The van der Waals surface area contributed by atoms with E-state index in [2.05, 4.69) is 4.98 Å². The van der Waals surface area contributed by atoms with Gasteiger partial charge in [-0.1, -0.05) is 0 Å². The topological polar surface area (TPSA) is 87.5 Å². The van der Waals surface area contributed by atoms with Crippen molar-refractivity contribution in [2.75, 3.05) is 6.61 Å². The SMILES string of the molecule is Cc1cn([C@@H]2O[C@H](CO)C(O)[C@@H]2F)c(=S)[nH]c1=O. The number of nitrogens with zero attached hydrogens (tertiary/aromatic N) is 1. The van der Waals surface area contributed by atoms with Crippen LogP contribution in [-0.4, -0.2) is 44.8 Å². The molecule has 0 bridgehead atoms. The van der Waals surface area contributed by atoms with Crippen LogP contribution in [0, 0.1) is 11.7 Å². The minimum Gasteiger partial charge on any atom is -0.394 e. The molecule has 0 radical (unpaired) electrons. The molecule has 1 unspecified atom stereocenters. The molecule has 1 fully saturated rings. The number of hydrogen-bond donors (Lipinski definition) is 3. The van der Waals surface area contributed by atoms with E-state index in [9.17, 15) is 14.3 Å². The van der Waals surface area contributed by atoms with Crippen molar-refractivity contribution in [3.8, 4) is 0 Å². The third-order valence-electron chi connectivity index (χ3n) is 2.89. The lowest BCUT2D eigenvalue weighted by molar-refractivity contribution is -0.0484. The summed E-state index contributed by atoms with van der Waals surface area (Å²) in [6, 6.07) is 0. The van der Waals surface area contributed by atoms with Crippen LogP contribution in [0.3, 0.4) is 0 Å². The van der Waals surface area contributed by atoms with E-state index in [0.29, 0.717) is 5.56 Å². The Labute approximate surface area is 107 Å². The first kappa shape index (κ1) is 13.3. The zero-order valence-electron chi connectivity index (χ0n) is 9.54. The van der Waals surface area contributed by atoms with Crippen LogP contribution >= 0.6 is 12.2 Å². The van der Waals surface area contributed by atoms with E-state index < -0.39 is 31.2 Å². The second-order valence-corrected chi connectivity index (χ2v) is 4.55. The maximum atomic E-state index is 13.9. The Morgan fingerprint density at radius 3 is 2.89 bits per heavy atom. The van der Waals surface area contributed by atoms with Crippen molar-refractivity contribution in [2.24, 2.45) is 0 Å². The molecule has 2 heterocycles. The molecule has 3 N–H and O–H groups in total. The molecule has 100 valence electrons. The van der Waals surface area contributed by atoms with E-state index in [1.165, 1.54) is 10.8 Å². The Morgan fingerprint density at radius 2 is 2.33 bits per heavy atom. The molecule has 0 saturated carbocycles. The van der Waals surface area contributed by atoms with Gasteiger partial charge in [-0.15, -0.1) is 0 Å². The number of aliphatic hydroxyl groups is 2. The molecule has 1 aliphatic heterocycles. The van der Waals surface area contributed by atoms with Gasteiger partial charge in [-0.05, 0) is 19.1 Å². The van der Waals surface area contributed by atoms with Crippen LogP contribution in [0.15, 0.2) is 11.0 Å². The van der Waals surface area contributed by atoms with Gasteiger partial charge in [0.25, 0.3) is 5.56 Å². The van der Waals surface area contributed by atoms with Gasteiger partial charge in [0.1, 0.15) is 12.2 Å². The lowest BCUT2D eigenvalue weighted by Crippen LogP contribution is -2.30. The van der Waals surface area contributed by atoms with Crippen LogP contribution in [0.4, 0.5) is 4.39 Å². The van der Waals surface area contributed by atoms with Gasteiger partial charge in [-0.2, -0.15) is 0 Å². The molecule has 0 spiro atoms. The fourth-order valence-corrected chi connectivity index (χ4v) is 2.10. The van der Waals surface area contributed by atoms with Gasteiger partial charge in [0.05, 0.1) is 6.61 Å². The van der Waals surface area contributed by atoms with Crippen LogP contribution < -0.4 is 5.56 Å². The summed E-state index contributed by atoms with van der Waals surface area (Å²) in [5, 5.41) is 18.5. The first-order valence-electron chi connectivity index (χ1n) is 5.36. The Balaban J connectivity index is 2.42. The monoisotopic (exact) mass is 276 g/mol. The molecule has 1 saturated heterocycles. The minimum absolute atomic E-state index is 0.00374. The number of alkyl halides is 1. The predicted octanol–water partition coefficient (Wildman–Crippen LogP) is -0.197. The zero-order chi connectivity index (χ0) is 13.4. The Hall–Kier alpha value is -1.09. The normalized spacial score (nSPS) is 31.8. The van der Waals surface area contributed by atoms with Crippen molar-refractivity contribution in [1.82, 2.24) is 9.55 Å². The van der Waals surface area contributed by atoms with Gasteiger partial charge in [0.15, 0.2) is 17.2 Å². The van der Waals surface area contributed by atoms with Crippen molar-refractivity contribution in [3.05, 3.63) is 26.9 Å². The maximum Gasteiger partial charge on any atom is 0.254 e. The highest BCUT2D eigenvalue weighted by Gasteiger charge is 2.44. The van der Waals surface area contributed by atoms with Crippen LogP contribution in [0.2, 0.25) is 0 Å². The van der Waals surface area contributed by atoms with Crippen molar-refractivity contribution in [1.29, 1.82) is 0 Å². The molecule has 2 rings (SSSR count). The highest BCUT2D eigenvalue weighted by atomic mass is 32.1. The van der Waals surface area contributed by atoms with Gasteiger partial charge in [0.2, 0.25) is 0 Å². The van der Waals surface area contributed by atoms with Gasteiger partial charge < -0.3 is 14.9 Å². The van der Waals surface area contributed by atoms with E-state index in [1.54, 1.807) is 6.92 Å². The van der Waals surface area contributed by atoms with Gasteiger partial charge >= 0.3 is 0 Å². The molecule has 8 heteroatoms.